The lowest BCUT2D eigenvalue weighted by Crippen LogP contribution is -1.85. The minimum Gasteiger partial charge on any atom is -0.0622 e. The second-order valence-electron chi connectivity index (χ2n) is 10.6. The fourth-order valence-electron chi connectivity index (χ4n) is 5.63. The Bertz CT molecular complexity index is 1950. The zero-order valence-corrected chi connectivity index (χ0v) is 23.3. The Kier molecular flexibility index (Phi) is 7.02. The molecule has 0 aliphatic rings. The molecule has 0 radical (unpaired) electrons. The van der Waals surface area contributed by atoms with Gasteiger partial charge in [0.05, 0.1) is 0 Å². The van der Waals surface area contributed by atoms with E-state index in [0.717, 1.165) is 0 Å². The van der Waals surface area contributed by atoms with Crippen molar-refractivity contribution in [2.45, 2.75) is 0 Å². The fourth-order valence-corrected chi connectivity index (χ4v) is 5.63. The molecular weight excluding hydrogens is 504 g/mol. The zero-order chi connectivity index (χ0) is 28.1. The van der Waals surface area contributed by atoms with Gasteiger partial charge in [0.25, 0.3) is 0 Å². The molecule has 0 nitrogen and oxygen atoms in total. The van der Waals surface area contributed by atoms with E-state index < -0.39 is 0 Å². The van der Waals surface area contributed by atoms with Gasteiger partial charge in [0, 0.05) is 0 Å². The molecule has 0 heteroatoms. The highest BCUT2D eigenvalue weighted by molar-refractivity contribution is 5.80. The molecule has 0 spiro atoms. The third kappa shape index (κ3) is 5.44. The van der Waals surface area contributed by atoms with Crippen LogP contribution in [0.5, 0.6) is 0 Å². The summed E-state index contributed by atoms with van der Waals surface area (Å²) in [4.78, 5) is 0. The average molecular weight is 535 g/mol. The van der Waals surface area contributed by atoms with E-state index in [1.807, 2.05) is 0 Å². The van der Waals surface area contributed by atoms with Crippen LogP contribution in [-0.2, 0) is 0 Å². The van der Waals surface area contributed by atoms with Crippen LogP contribution in [0, 0.1) is 0 Å². The van der Waals surface area contributed by atoms with Crippen molar-refractivity contribution in [1.82, 2.24) is 0 Å². The van der Waals surface area contributed by atoms with Crippen molar-refractivity contribution in [1.29, 1.82) is 0 Å². The highest BCUT2D eigenvalue weighted by Crippen LogP contribution is 2.33. The fraction of sp³-hybridized carbons (Fsp3) is 0. The van der Waals surface area contributed by atoms with Crippen molar-refractivity contribution in [2.75, 3.05) is 0 Å². The molecule has 0 heterocycles. The number of benzene rings is 7. The maximum atomic E-state index is 2.30. The summed E-state index contributed by atoms with van der Waals surface area (Å²) in [5.74, 6) is 0. The van der Waals surface area contributed by atoms with E-state index in [1.54, 1.807) is 0 Å². The molecule has 7 aromatic carbocycles. The molecule has 42 heavy (non-hydrogen) atoms. The van der Waals surface area contributed by atoms with Gasteiger partial charge in [-0.3, -0.25) is 0 Å². The quantitative estimate of drug-likeness (QED) is 0.199. The summed E-state index contributed by atoms with van der Waals surface area (Å²) in [7, 11) is 0. The minimum absolute atomic E-state index is 1.21. The molecule has 0 aromatic heterocycles. The second kappa shape index (κ2) is 11.6. The molecule has 0 fully saturated rings. The molecule has 0 aliphatic heterocycles. The second-order valence-corrected chi connectivity index (χ2v) is 10.6. The molecule has 198 valence electrons. The molecule has 0 saturated carbocycles. The van der Waals surface area contributed by atoms with Crippen LogP contribution in [0.3, 0.4) is 0 Å². The first-order valence-electron chi connectivity index (χ1n) is 14.4. The first-order valence-corrected chi connectivity index (χ1v) is 14.4. The summed E-state index contributed by atoms with van der Waals surface area (Å²) in [6.07, 6.45) is 0. The van der Waals surface area contributed by atoms with Gasteiger partial charge in [0.1, 0.15) is 0 Å². The van der Waals surface area contributed by atoms with Crippen LogP contribution >= 0.6 is 0 Å². The van der Waals surface area contributed by atoms with Crippen molar-refractivity contribution >= 4 is 0 Å². The smallest absolute Gasteiger partial charge is 0.0178 e. The summed E-state index contributed by atoms with van der Waals surface area (Å²) < 4.78 is 0. The van der Waals surface area contributed by atoms with Gasteiger partial charge < -0.3 is 0 Å². The molecule has 0 atom stereocenters. The SMILES string of the molecule is c1ccc(-c2ccc(-c3cccc(-c4cccc(-c5cccc(-c6cccc(-c7ccccc7)c6)c5)c4)c3)cc2)cc1. The highest BCUT2D eigenvalue weighted by atomic mass is 14.1. The lowest BCUT2D eigenvalue weighted by Gasteiger charge is -2.11. The summed E-state index contributed by atoms with van der Waals surface area (Å²) in [5, 5.41) is 0. The Hall–Kier alpha value is -5.46. The standard InChI is InChI=1S/C42H30/c1-3-11-31(12-4-1)33-23-25-34(26-24-33)36-16-8-18-38(28-36)40-20-10-22-42(30-40)41-21-9-19-39(29-41)37-17-7-15-35(27-37)32-13-5-2-6-14-32/h1-30H. The van der Waals surface area contributed by atoms with Gasteiger partial charge in [-0.15, -0.1) is 0 Å². The summed E-state index contributed by atoms with van der Waals surface area (Å²) in [5.41, 5.74) is 14.7. The predicted octanol–water partition coefficient (Wildman–Crippen LogP) is 11.7. The summed E-state index contributed by atoms with van der Waals surface area (Å²) >= 11 is 0. The molecule has 0 unspecified atom stereocenters. The van der Waals surface area contributed by atoms with Crippen molar-refractivity contribution in [3.63, 3.8) is 0 Å². The van der Waals surface area contributed by atoms with E-state index in [1.165, 1.54) is 66.8 Å². The number of hydrogen-bond donors (Lipinski definition) is 0. The minimum atomic E-state index is 1.21. The molecule has 0 bridgehead atoms. The topological polar surface area (TPSA) is 0 Å². The Morgan fingerprint density at radius 2 is 0.333 bits per heavy atom. The van der Waals surface area contributed by atoms with Crippen LogP contribution in [0.1, 0.15) is 0 Å². The van der Waals surface area contributed by atoms with Crippen LogP contribution in [0.4, 0.5) is 0 Å². The first kappa shape index (κ1) is 25.5. The van der Waals surface area contributed by atoms with Crippen molar-refractivity contribution in [3.8, 4) is 66.8 Å². The zero-order valence-electron chi connectivity index (χ0n) is 23.3. The monoisotopic (exact) mass is 534 g/mol. The van der Waals surface area contributed by atoms with E-state index in [0.29, 0.717) is 0 Å². The normalized spacial score (nSPS) is 10.9. The summed E-state index contributed by atoms with van der Waals surface area (Å²) in [6.45, 7) is 0. The number of hydrogen-bond acceptors (Lipinski definition) is 0. The molecule has 0 saturated heterocycles. The first-order chi connectivity index (χ1) is 20.8. The Morgan fingerprint density at radius 1 is 0.143 bits per heavy atom. The van der Waals surface area contributed by atoms with Gasteiger partial charge in [-0.1, -0.05) is 158 Å². The molecular formula is C42H30. The van der Waals surface area contributed by atoms with E-state index >= 15 is 0 Å². The lowest BCUT2D eigenvalue weighted by atomic mass is 9.94. The maximum Gasteiger partial charge on any atom is -0.0178 e. The van der Waals surface area contributed by atoms with Crippen LogP contribution < -0.4 is 0 Å². The van der Waals surface area contributed by atoms with Gasteiger partial charge in [-0.05, 0) is 91.0 Å². The molecule has 0 aliphatic carbocycles. The van der Waals surface area contributed by atoms with E-state index in [9.17, 15) is 0 Å². The van der Waals surface area contributed by atoms with E-state index in [-0.39, 0.29) is 0 Å². The van der Waals surface area contributed by atoms with Gasteiger partial charge in [-0.25, -0.2) is 0 Å². The number of rotatable bonds is 6. The van der Waals surface area contributed by atoms with Crippen LogP contribution in [-0.4, -0.2) is 0 Å². The Morgan fingerprint density at radius 3 is 0.643 bits per heavy atom. The molecule has 0 N–H and O–H groups in total. The van der Waals surface area contributed by atoms with Gasteiger partial charge in [-0.2, -0.15) is 0 Å². The molecule has 7 aromatic rings. The molecule has 7 rings (SSSR count). The van der Waals surface area contributed by atoms with Crippen LogP contribution in [0.25, 0.3) is 66.8 Å². The van der Waals surface area contributed by atoms with E-state index in [4.69, 9.17) is 0 Å². The maximum absolute atomic E-state index is 2.30. The van der Waals surface area contributed by atoms with Gasteiger partial charge in [0.2, 0.25) is 0 Å². The van der Waals surface area contributed by atoms with Gasteiger partial charge >= 0.3 is 0 Å². The van der Waals surface area contributed by atoms with Gasteiger partial charge in [0.15, 0.2) is 0 Å². The lowest BCUT2D eigenvalue weighted by molar-refractivity contribution is 1.56. The van der Waals surface area contributed by atoms with Crippen molar-refractivity contribution in [3.05, 3.63) is 182 Å². The third-order valence-electron chi connectivity index (χ3n) is 7.88. The predicted molar refractivity (Wildman–Crippen MR) is 179 cm³/mol. The Labute approximate surface area is 248 Å². The van der Waals surface area contributed by atoms with Crippen LogP contribution in [0.2, 0.25) is 0 Å². The summed E-state index contributed by atoms with van der Waals surface area (Å²) in [6, 6.07) is 65.3. The van der Waals surface area contributed by atoms with Crippen molar-refractivity contribution < 1.29 is 0 Å². The van der Waals surface area contributed by atoms with Crippen LogP contribution in [0.15, 0.2) is 182 Å². The molecule has 0 amide bonds. The largest absolute Gasteiger partial charge is 0.0622 e. The highest BCUT2D eigenvalue weighted by Gasteiger charge is 2.07. The third-order valence-corrected chi connectivity index (χ3v) is 7.88. The van der Waals surface area contributed by atoms with Crippen molar-refractivity contribution in [2.24, 2.45) is 0 Å². The Balaban J connectivity index is 1.17. The average Bonchev–Trinajstić information content (AvgIpc) is 3.09. The van der Waals surface area contributed by atoms with E-state index in [2.05, 4.69) is 182 Å².